The van der Waals surface area contributed by atoms with Crippen molar-refractivity contribution in [3.05, 3.63) is 65.2 Å². The minimum atomic E-state index is -0.376. The third kappa shape index (κ3) is 4.40. The second-order valence-corrected chi connectivity index (χ2v) is 7.06. The zero-order valence-corrected chi connectivity index (χ0v) is 15.3. The summed E-state index contributed by atoms with van der Waals surface area (Å²) in [7, 11) is 4.08. The zero-order chi connectivity index (χ0) is 17.8. The first-order valence-corrected chi connectivity index (χ1v) is 8.94. The molecular weight excluding hydrogens is 312 g/mol. The van der Waals surface area contributed by atoms with Crippen molar-refractivity contribution in [1.29, 1.82) is 0 Å². The van der Waals surface area contributed by atoms with Gasteiger partial charge in [0.25, 0.3) is 0 Å². The van der Waals surface area contributed by atoms with Gasteiger partial charge in [0.15, 0.2) is 0 Å². The van der Waals surface area contributed by atoms with Gasteiger partial charge in [-0.3, -0.25) is 0 Å². The Bertz CT molecular complexity index is 702. The molecule has 0 bridgehead atoms. The average Bonchev–Trinajstić information content (AvgIpc) is 2.90. The van der Waals surface area contributed by atoms with Crippen LogP contribution in [0.15, 0.2) is 48.5 Å². The Labute approximate surface area is 150 Å². The lowest BCUT2D eigenvalue weighted by Gasteiger charge is -2.24. The largest absolute Gasteiger partial charge is 0.492 e. The highest BCUT2D eigenvalue weighted by atomic mass is 16.5. The molecule has 0 radical (unpaired) electrons. The molecule has 3 atom stereocenters. The van der Waals surface area contributed by atoms with E-state index in [2.05, 4.69) is 41.4 Å². The summed E-state index contributed by atoms with van der Waals surface area (Å²) in [6.45, 7) is 3.70. The molecule has 25 heavy (non-hydrogen) atoms. The fourth-order valence-electron chi connectivity index (χ4n) is 3.36. The highest BCUT2D eigenvalue weighted by Crippen LogP contribution is 2.33. The van der Waals surface area contributed by atoms with Crippen LogP contribution in [0, 0.1) is 0 Å². The molecule has 2 aromatic carbocycles. The molecule has 0 saturated heterocycles. The molecule has 4 heteroatoms. The number of rotatable bonds is 7. The molecule has 4 nitrogen and oxygen atoms in total. The maximum Gasteiger partial charge on any atom is 0.119 e. The van der Waals surface area contributed by atoms with Gasteiger partial charge in [-0.25, -0.2) is 0 Å². The average molecular weight is 340 g/mol. The summed E-state index contributed by atoms with van der Waals surface area (Å²) in [4.78, 5) is 2.10. The van der Waals surface area contributed by atoms with E-state index in [0.29, 0.717) is 13.0 Å². The van der Waals surface area contributed by atoms with Crippen molar-refractivity contribution in [3.8, 4) is 5.75 Å². The van der Waals surface area contributed by atoms with E-state index in [4.69, 9.17) is 4.74 Å². The quantitative estimate of drug-likeness (QED) is 0.813. The molecule has 0 saturated carbocycles. The van der Waals surface area contributed by atoms with Gasteiger partial charge in [-0.15, -0.1) is 0 Å². The molecule has 0 amide bonds. The van der Waals surface area contributed by atoms with E-state index in [-0.39, 0.29) is 18.2 Å². The molecule has 0 aliphatic heterocycles. The van der Waals surface area contributed by atoms with Crippen molar-refractivity contribution in [3.63, 3.8) is 0 Å². The van der Waals surface area contributed by atoms with E-state index < -0.39 is 0 Å². The van der Waals surface area contributed by atoms with Gasteiger partial charge in [0.05, 0.1) is 12.1 Å². The van der Waals surface area contributed by atoms with Crippen LogP contribution in [-0.2, 0) is 6.42 Å². The summed E-state index contributed by atoms with van der Waals surface area (Å²) in [6.07, 6.45) is 0.341. The molecule has 1 aliphatic rings. The van der Waals surface area contributed by atoms with Crippen LogP contribution < -0.4 is 10.1 Å². The van der Waals surface area contributed by atoms with Crippen LogP contribution >= 0.6 is 0 Å². The summed E-state index contributed by atoms with van der Waals surface area (Å²) in [5.74, 6) is 0.889. The van der Waals surface area contributed by atoms with Gasteiger partial charge >= 0.3 is 0 Å². The Balaban J connectivity index is 1.66. The topological polar surface area (TPSA) is 44.7 Å². The van der Waals surface area contributed by atoms with Crippen molar-refractivity contribution in [1.82, 2.24) is 10.2 Å². The third-order valence-corrected chi connectivity index (χ3v) is 4.80. The summed E-state index contributed by atoms with van der Waals surface area (Å²) >= 11 is 0. The van der Waals surface area contributed by atoms with E-state index in [1.165, 1.54) is 16.7 Å². The first-order valence-electron chi connectivity index (χ1n) is 8.94. The molecule has 134 valence electrons. The summed E-state index contributed by atoms with van der Waals surface area (Å²) in [5, 5.41) is 14.0. The van der Waals surface area contributed by atoms with Crippen LogP contribution in [0.2, 0.25) is 0 Å². The molecule has 3 rings (SSSR count). The number of nitrogens with zero attached hydrogens (tertiary/aromatic N) is 1. The maximum absolute atomic E-state index is 10.4. The minimum Gasteiger partial charge on any atom is -0.492 e. The first-order chi connectivity index (χ1) is 12.0. The Morgan fingerprint density at radius 1 is 1.20 bits per heavy atom. The number of benzene rings is 2. The van der Waals surface area contributed by atoms with Gasteiger partial charge in [0.1, 0.15) is 12.4 Å². The van der Waals surface area contributed by atoms with Crippen LogP contribution in [0.3, 0.4) is 0 Å². The molecule has 2 N–H and O–H groups in total. The number of hydrogen-bond acceptors (Lipinski definition) is 4. The van der Waals surface area contributed by atoms with E-state index in [0.717, 1.165) is 12.3 Å². The van der Waals surface area contributed by atoms with Gasteiger partial charge in [-0.2, -0.15) is 0 Å². The fourth-order valence-corrected chi connectivity index (χ4v) is 3.36. The lowest BCUT2D eigenvalue weighted by Crippen LogP contribution is -2.31. The summed E-state index contributed by atoms with van der Waals surface area (Å²) in [6, 6.07) is 16.6. The van der Waals surface area contributed by atoms with Crippen molar-refractivity contribution >= 4 is 0 Å². The van der Waals surface area contributed by atoms with Crippen LogP contribution in [0.1, 0.15) is 35.7 Å². The molecule has 1 aliphatic carbocycles. The Hall–Kier alpha value is -1.88. The smallest absolute Gasteiger partial charge is 0.119 e. The number of ether oxygens (including phenoxy) is 1. The molecule has 0 heterocycles. The first kappa shape index (κ1) is 17.9. The number of aliphatic hydroxyl groups excluding tert-OH is 1. The van der Waals surface area contributed by atoms with Crippen molar-refractivity contribution in [2.75, 3.05) is 27.2 Å². The van der Waals surface area contributed by atoms with Gasteiger partial charge < -0.3 is 20.1 Å². The van der Waals surface area contributed by atoms with Crippen LogP contribution in [0.4, 0.5) is 0 Å². The molecular formula is C21H28N2O2. The van der Waals surface area contributed by atoms with Gasteiger partial charge in [-0.1, -0.05) is 36.4 Å². The number of hydrogen-bond donors (Lipinski definition) is 2. The molecule has 2 aromatic rings. The number of fused-ring (bicyclic) bond motifs is 1. The fraction of sp³-hybridized carbons (Fsp3) is 0.429. The van der Waals surface area contributed by atoms with E-state index >= 15 is 0 Å². The van der Waals surface area contributed by atoms with E-state index in [1.54, 1.807) is 0 Å². The molecule has 0 fully saturated rings. The van der Waals surface area contributed by atoms with Crippen LogP contribution in [0.5, 0.6) is 5.75 Å². The minimum absolute atomic E-state index is 0.0236. The normalized spacial score (nSPS) is 20.5. The maximum atomic E-state index is 10.4. The van der Waals surface area contributed by atoms with Crippen molar-refractivity contribution in [2.24, 2.45) is 0 Å². The van der Waals surface area contributed by atoms with Gasteiger partial charge in [0.2, 0.25) is 0 Å². The van der Waals surface area contributed by atoms with Gasteiger partial charge in [-0.05, 0) is 49.8 Å². The van der Waals surface area contributed by atoms with E-state index in [9.17, 15) is 5.11 Å². The van der Waals surface area contributed by atoms with Crippen LogP contribution in [0.25, 0.3) is 0 Å². The Kier molecular flexibility index (Phi) is 5.74. The predicted octanol–water partition coefficient (Wildman–Crippen LogP) is 2.94. The predicted molar refractivity (Wildman–Crippen MR) is 101 cm³/mol. The van der Waals surface area contributed by atoms with Crippen molar-refractivity contribution < 1.29 is 9.84 Å². The third-order valence-electron chi connectivity index (χ3n) is 4.80. The highest BCUT2D eigenvalue weighted by Gasteiger charge is 2.31. The number of nitrogens with one attached hydrogen (secondary N) is 1. The molecule has 0 aromatic heterocycles. The SMILES string of the molecule is CC(NC1c2ccccc2CC1O)c1cccc(OCCN(C)C)c1. The summed E-state index contributed by atoms with van der Waals surface area (Å²) in [5.41, 5.74) is 3.61. The van der Waals surface area contributed by atoms with E-state index in [1.807, 2.05) is 38.4 Å². The second kappa shape index (κ2) is 8.00. The number of likely N-dealkylation sites (N-methyl/N-ethyl adjacent to an activating group) is 1. The molecule has 0 spiro atoms. The zero-order valence-electron chi connectivity index (χ0n) is 15.3. The van der Waals surface area contributed by atoms with Gasteiger partial charge in [0, 0.05) is 19.0 Å². The van der Waals surface area contributed by atoms with Crippen molar-refractivity contribution in [2.45, 2.75) is 31.5 Å². The Morgan fingerprint density at radius 2 is 2.00 bits per heavy atom. The lowest BCUT2D eigenvalue weighted by atomic mass is 10.0. The Morgan fingerprint density at radius 3 is 2.80 bits per heavy atom. The summed E-state index contributed by atoms with van der Waals surface area (Å²) < 4.78 is 5.84. The monoisotopic (exact) mass is 340 g/mol. The molecule has 3 unspecified atom stereocenters. The standard InChI is InChI=1S/C21H28N2O2/c1-15(16-8-6-9-18(13-16)25-12-11-23(2)3)22-21-19-10-5-4-7-17(19)14-20(21)24/h4-10,13,15,20-22,24H,11-12,14H2,1-3H3. The second-order valence-electron chi connectivity index (χ2n) is 7.06. The van der Waals surface area contributed by atoms with Crippen LogP contribution in [-0.4, -0.2) is 43.4 Å². The lowest BCUT2D eigenvalue weighted by molar-refractivity contribution is 0.136. The highest BCUT2D eigenvalue weighted by molar-refractivity contribution is 5.37. The number of aliphatic hydroxyl groups is 1.